The van der Waals surface area contributed by atoms with Crippen LogP contribution in [0.2, 0.25) is 0 Å². The number of carbonyl (C=O) groups excluding carboxylic acids is 1. The van der Waals surface area contributed by atoms with Crippen molar-refractivity contribution < 1.29 is 18.7 Å². The Kier molecular flexibility index (Phi) is 17.5. The fraction of sp³-hybridized carbons (Fsp3) is 0.750. The van der Waals surface area contributed by atoms with Crippen LogP contribution in [0.4, 0.5) is 0 Å². The second-order valence-electron chi connectivity index (χ2n) is 8.21. The van der Waals surface area contributed by atoms with Crippen LogP contribution in [0.15, 0.2) is 24.0 Å². The first-order valence-electron chi connectivity index (χ1n) is 12.6. The molecule has 1 aromatic rings. The van der Waals surface area contributed by atoms with E-state index in [0.717, 1.165) is 68.8 Å². The Morgan fingerprint density at radius 2 is 1.25 bits per heavy atom. The number of nitrogens with zero attached hydrogens (tertiary/aromatic N) is 6. The van der Waals surface area contributed by atoms with Crippen LogP contribution in [-0.4, -0.2) is 41.5 Å². The molecule has 0 saturated carbocycles. The summed E-state index contributed by atoms with van der Waals surface area (Å²) in [5, 5.41) is 16.8. The highest BCUT2D eigenvalue weighted by Gasteiger charge is 2.11. The number of hydrogen-bond acceptors (Lipinski definition) is 10. The van der Waals surface area contributed by atoms with Gasteiger partial charge in [-0.1, -0.05) is 25.7 Å². The summed E-state index contributed by atoms with van der Waals surface area (Å²) in [4.78, 5) is 43.6. The minimum absolute atomic E-state index is 0.0357. The van der Waals surface area contributed by atoms with Gasteiger partial charge in [0.25, 0.3) is 12.5 Å². The Labute approximate surface area is 210 Å². The number of aromatic nitrogens is 2. The summed E-state index contributed by atoms with van der Waals surface area (Å²) in [6.07, 6.45) is 14.2. The zero-order chi connectivity index (χ0) is 26.3. The third kappa shape index (κ3) is 13.3. The van der Waals surface area contributed by atoms with Crippen molar-refractivity contribution in [1.82, 2.24) is 9.13 Å². The monoisotopic (exact) mass is 504 g/mol. The molecule has 1 aromatic heterocycles. The largest absolute Gasteiger partial charge is 0.428 e. The SMILES string of the molecule is N#COCCCCCC/N=c1\oc(=O)n(CCCCCCN=C=O)c(=O)n1CCCCCCOC#N. The summed E-state index contributed by atoms with van der Waals surface area (Å²) in [5.41, 5.74) is -0.398. The van der Waals surface area contributed by atoms with Gasteiger partial charge in [0.05, 0.1) is 6.54 Å². The molecule has 0 amide bonds. The average Bonchev–Trinajstić information content (AvgIpc) is 2.87. The van der Waals surface area contributed by atoms with Crippen molar-refractivity contribution in [3.05, 3.63) is 26.7 Å². The maximum absolute atomic E-state index is 13.1. The van der Waals surface area contributed by atoms with Gasteiger partial charge in [0.2, 0.25) is 6.08 Å². The van der Waals surface area contributed by atoms with Gasteiger partial charge in [-0.3, -0.25) is 0 Å². The van der Waals surface area contributed by atoms with E-state index in [9.17, 15) is 14.4 Å². The predicted molar refractivity (Wildman–Crippen MR) is 129 cm³/mol. The zero-order valence-electron chi connectivity index (χ0n) is 20.9. The summed E-state index contributed by atoms with van der Waals surface area (Å²) in [6, 6.07) is 0. The lowest BCUT2D eigenvalue weighted by molar-refractivity contribution is 0.258. The van der Waals surface area contributed by atoms with Gasteiger partial charge >= 0.3 is 17.1 Å². The lowest BCUT2D eigenvalue weighted by Gasteiger charge is -2.10. The number of unbranched alkanes of at least 4 members (excludes halogenated alkanes) is 9. The average molecular weight is 505 g/mol. The fourth-order valence-corrected chi connectivity index (χ4v) is 3.55. The van der Waals surface area contributed by atoms with E-state index in [0.29, 0.717) is 45.7 Å². The Morgan fingerprint density at radius 1 is 0.722 bits per heavy atom. The molecule has 1 heterocycles. The topological polar surface area (TPSA) is 165 Å². The standard InChI is InChI=1S/C24H36N6O6/c25-19-34-17-11-5-2-8-14-28-22-29(15-9-4-6-12-18-35-20-26)23(32)30(24(33)36-22)16-10-3-1-7-13-27-21-31/h1-18H2/b28-22-. The van der Waals surface area contributed by atoms with Gasteiger partial charge in [-0.2, -0.15) is 10.5 Å². The quantitative estimate of drug-likeness (QED) is 0.107. The normalized spacial score (nSPS) is 10.9. The smallest absolute Gasteiger partial charge is 0.425 e. The molecule has 0 N–H and O–H groups in total. The van der Waals surface area contributed by atoms with Gasteiger partial charge < -0.3 is 13.9 Å². The zero-order valence-corrected chi connectivity index (χ0v) is 20.9. The predicted octanol–water partition coefficient (Wildman–Crippen LogP) is 2.52. The number of rotatable bonds is 21. The van der Waals surface area contributed by atoms with E-state index >= 15 is 0 Å². The van der Waals surface area contributed by atoms with Crippen LogP contribution in [0.3, 0.4) is 0 Å². The highest BCUT2D eigenvalue weighted by atomic mass is 16.5. The molecule has 12 nitrogen and oxygen atoms in total. The third-order valence-corrected chi connectivity index (χ3v) is 5.47. The van der Waals surface area contributed by atoms with Crippen LogP contribution in [0, 0.1) is 23.0 Å². The molecule has 0 aromatic carbocycles. The molecule has 0 aliphatic rings. The van der Waals surface area contributed by atoms with Gasteiger partial charge in [0.1, 0.15) is 13.2 Å². The van der Waals surface area contributed by atoms with Gasteiger partial charge in [0.15, 0.2) is 0 Å². The molecule has 0 radical (unpaired) electrons. The first kappa shape index (κ1) is 30.4. The number of aliphatic imine (C=N–C) groups is 1. The molecule has 36 heavy (non-hydrogen) atoms. The molecule has 0 fully saturated rings. The lowest BCUT2D eigenvalue weighted by Crippen LogP contribution is -2.47. The van der Waals surface area contributed by atoms with Gasteiger partial charge in [-0.15, -0.1) is 0 Å². The van der Waals surface area contributed by atoms with Crippen LogP contribution < -0.4 is 17.1 Å². The minimum atomic E-state index is -0.720. The molecule has 12 heteroatoms. The van der Waals surface area contributed by atoms with Crippen molar-refractivity contribution in [1.29, 1.82) is 10.5 Å². The molecular formula is C24H36N6O6. The third-order valence-electron chi connectivity index (χ3n) is 5.47. The molecule has 0 unspecified atom stereocenters. The first-order valence-corrected chi connectivity index (χ1v) is 12.6. The van der Waals surface area contributed by atoms with Crippen molar-refractivity contribution in [2.45, 2.75) is 90.1 Å². The molecular weight excluding hydrogens is 468 g/mol. The van der Waals surface area contributed by atoms with Gasteiger partial charge in [0, 0.05) is 19.6 Å². The fourth-order valence-electron chi connectivity index (χ4n) is 3.55. The van der Waals surface area contributed by atoms with Crippen molar-refractivity contribution in [2.75, 3.05) is 26.3 Å². The van der Waals surface area contributed by atoms with E-state index in [1.165, 1.54) is 10.6 Å². The van der Waals surface area contributed by atoms with Crippen molar-refractivity contribution >= 4 is 6.08 Å². The maximum Gasteiger partial charge on any atom is 0.425 e. The van der Waals surface area contributed by atoms with Crippen LogP contribution in [0.1, 0.15) is 77.0 Å². The van der Waals surface area contributed by atoms with E-state index in [1.54, 1.807) is 12.5 Å². The number of isocyanates is 1. The van der Waals surface area contributed by atoms with Crippen LogP contribution in [0.5, 0.6) is 0 Å². The van der Waals surface area contributed by atoms with Crippen molar-refractivity contribution in [3.8, 4) is 12.5 Å². The second-order valence-corrected chi connectivity index (χ2v) is 8.21. The van der Waals surface area contributed by atoms with E-state index in [2.05, 4.69) is 19.5 Å². The number of ether oxygens (including phenoxy) is 2. The molecule has 0 aliphatic carbocycles. The maximum atomic E-state index is 13.1. The summed E-state index contributed by atoms with van der Waals surface area (Å²) >= 11 is 0. The first-order chi connectivity index (χ1) is 17.7. The van der Waals surface area contributed by atoms with Crippen molar-refractivity contribution in [2.24, 2.45) is 9.98 Å². The molecule has 0 aliphatic heterocycles. The minimum Gasteiger partial charge on any atom is -0.428 e. The van der Waals surface area contributed by atoms with Crippen LogP contribution in [0.25, 0.3) is 0 Å². The molecule has 0 spiro atoms. The molecule has 0 saturated heterocycles. The Balaban J connectivity index is 2.79. The highest BCUT2D eigenvalue weighted by molar-refractivity contribution is 5.32. The van der Waals surface area contributed by atoms with Gasteiger partial charge in [-0.05, 0) is 51.4 Å². The van der Waals surface area contributed by atoms with Crippen LogP contribution in [-0.2, 0) is 27.4 Å². The summed E-state index contributed by atoms with van der Waals surface area (Å²) in [7, 11) is 0. The molecule has 0 atom stereocenters. The molecule has 0 bridgehead atoms. The number of hydrogen-bond donors (Lipinski definition) is 0. The Bertz CT molecular complexity index is 1060. The summed E-state index contributed by atoms with van der Waals surface area (Å²) < 4.78 is 17.3. The molecule has 1 rings (SSSR count). The Morgan fingerprint density at radius 3 is 1.83 bits per heavy atom. The van der Waals surface area contributed by atoms with Crippen molar-refractivity contribution in [3.63, 3.8) is 0 Å². The van der Waals surface area contributed by atoms with Gasteiger partial charge in [-0.25, -0.2) is 33.5 Å². The number of nitriles is 2. The van der Waals surface area contributed by atoms with E-state index in [4.69, 9.17) is 14.9 Å². The van der Waals surface area contributed by atoms with E-state index in [-0.39, 0.29) is 12.2 Å². The van der Waals surface area contributed by atoms with Crippen LogP contribution >= 0.6 is 0 Å². The lowest BCUT2D eigenvalue weighted by atomic mass is 10.2. The molecule has 198 valence electrons. The highest BCUT2D eigenvalue weighted by Crippen LogP contribution is 2.03. The summed E-state index contributed by atoms with van der Waals surface area (Å²) in [6.45, 7) is 2.24. The van der Waals surface area contributed by atoms with E-state index in [1.807, 2.05) is 0 Å². The second kappa shape index (κ2) is 20.7. The summed E-state index contributed by atoms with van der Waals surface area (Å²) in [5.74, 6) is -0.720. The van der Waals surface area contributed by atoms with E-state index < -0.39 is 11.4 Å². The Hall–Kier alpha value is -3.63.